The van der Waals surface area contributed by atoms with Crippen molar-refractivity contribution in [2.24, 2.45) is 0 Å². The van der Waals surface area contributed by atoms with Gasteiger partial charge < -0.3 is 14.7 Å². The number of hydrogen-bond donors (Lipinski definition) is 0. The van der Waals surface area contributed by atoms with E-state index in [2.05, 4.69) is 285 Å². The van der Waals surface area contributed by atoms with Crippen molar-refractivity contribution in [2.75, 3.05) is 14.7 Å². The van der Waals surface area contributed by atoms with Crippen LogP contribution in [0.1, 0.15) is 192 Å². The van der Waals surface area contributed by atoms with E-state index in [0.717, 1.165) is 18.5 Å². The fraction of sp³-hybridized carbons (Fsp3) is 0.377. The van der Waals surface area contributed by atoms with E-state index in [1.807, 2.05) is 0 Å². The molecule has 0 atom stereocenters. The van der Waals surface area contributed by atoms with Gasteiger partial charge in [0.15, 0.2) is 0 Å². The molecule has 2 aliphatic heterocycles. The molecule has 81 heavy (non-hydrogen) atoms. The number of anilines is 9. The quantitative estimate of drug-likeness (QED) is 0.159. The Kier molecular flexibility index (Phi) is 11.6. The van der Waals surface area contributed by atoms with Gasteiger partial charge in [-0.2, -0.15) is 0 Å². The standard InChI is InChI=1S/C77H86BN3/c1-47-23-19-21-25-64(47)79(65-26-22-20-24-48(65)2)53-30-34-62-66(44-53)80(51-28-32-55-54-31-27-49(71(3,4)5)39-57(54)77(17,18)58(55)42-51)68-40-50(72(6,7)8)41-69-70(68)78(62)63-45-60-61(76(15,16)38-37-75(60,13)14)46-67(63)81(69)52-29-33-56-59(43-52)74(11,12)36-35-73(56,9)10/h19-34,39-46H,35-38H2,1-18H3. The van der Waals surface area contributed by atoms with Crippen molar-refractivity contribution in [2.45, 2.75) is 188 Å². The van der Waals surface area contributed by atoms with Crippen LogP contribution >= 0.6 is 0 Å². The SMILES string of the molecule is Cc1ccccc1N(c1ccc2c(c1)N(c1ccc3c(c1)C(C)(C)c1cc(C(C)(C)C)ccc1-3)c1cc(C(C)(C)C)cc3c1B2c1cc2c(cc1N3c1ccc3c(c1)C(C)(C)CCC3(C)C)C(C)(C)CCC2(C)C)c1ccccc1C. The molecule has 0 amide bonds. The molecule has 0 N–H and O–H groups in total. The Morgan fingerprint density at radius 2 is 0.852 bits per heavy atom. The van der Waals surface area contributed by atoms with Crippen LogP contribution in [0.2, 0.25) is 0 Å². The van der Waals surface area contributed by atoms with Gasteiger partial charge in [0.05, 0.1) is 0 Å². The fourth-order valence-corrected chi connectivity index (χ4v) is 15.3. The molecule has 5 aliphatic rings. The highest BCUT2D eigenvalue weighted by molar-refractivity contribution is 7.00. The van der Waals surface area contributed by atoms with Crippen molar-refractivity contribution < 1.29 is 0 Å². The molecule has 0 saturated heterocycles. The maximum Gasteiger partial charge on any atom is 0.252 e. The number of rotatable bonds is 5. The third-order valence-electron chi connectivity index (χ3n) is 20.7. The molecule has 412 valence electrons. The highest BCUT2D eigenvalue weighted by atomic mass is 15.2. The summed E-state index contributed by atoms with van der Waals surface area (Å²) in [7, 11) is 0. The summed E-state index contributed by atoms with van der Waals surface area (Å²) in [5.74, 6) is 0. The number of benzene rings is 8. The summed E-state index contributed by atoms with van der Waals surface area (Å²) in [4.78, 5) is 7.95. The van der Waals surface area contributed by atoms with Gasteiger partial charge >= 0.3 is 0 Å². The van der Waals surface area contributed by atoms with Crippen molar-refractivity contribution in [3.05, 3.63) is 201 Å². The Morgan fingerprint density at radius 1 is 0.395 bits per heavy atom. The second kappa shape index (κ2) is 17.6. The summed E-state index contributed by atoms with van der Waals surface area (Å²) in [5, 5.41) is 0. The summed E-state index contributed by atoms with van der Waals surface area (Å²) in [6.45, 7) is 43.5. The minimum atomic E-state index is -0.214. The first kappa shape index (κ1) is 53.5. The molecule has 0 fully saturated rings. The van der Waals surface area contributed by atoms with Crippen LogP contribution in [0.3, 0.4) is 0 Å². The monoisotopic (exact) mass is 1060 g/mol. The second-order valence-corrected chi connectivity index (χ2v) is 30.5. The largest absolute Gasteiger partial charge is 0.311 e. The molecular weight excluding hydrogens is 978 g/mol. The van der Waals surface area contributed by atoms with Gasteiger partial charge in [0.1, 0.15) is 0 Å². The van der Waals surface area contributed by atoms with Crippen molar-refractivity contribution in [1.29, 1.82) is 0 Å². The lowest BCUT2D eigenvalue weighted by Crippen LogP contribution is -2.62. The van der Waals surface area contributed by atoms with Crippen LogP contribution in [0.15, 0.2) is 146 Å². The first-order valence-corrected chi connectivity index (χ1v) is 30.5. The van der Waals surface area contributed by atoms with E-state index in [-0.39, 0.29) is 44.6 Å². The topological polar surface area (TPSA) is 9.72 Å². The maximum absolute atomic E-state index is 2.74. The van der Waals surface area contributed by atoms with E-state index in [0.29, 0.717) is 0 Å². The molecule has 3 aliphatic carbocycles. The Bertz CT molecular complexity index is 3890. The highest BCUT2D eigenvalue weighted by Crippen LogP contribution is 2.56. The first-order chi connectivity index (χ1) is 38.0. The van der Waals surface area contributed by atoms with E-state index in [1.54, 1.807) is 0 Å². The third kappa shape index (κ3) is 8.17. The smallest absolute Gasteiger partial charge is 0.252 e. The van der Waals surface area contributed by atoms with Crippen molar-refractivity contribution in [3.8, 4) is 11.1 Å². The lowest BCUT2D eigenvalue weighted by atomic mass is 9.33. The van der Waals surface area contributed by atoms with Crippen molar-refractivity contribution in [1.82, 2.24) is 0 Å². The number of hydrogen-bond acceptors (Lipinski definition) is 3. The molecule has 13 rings (SSSR count). The molecule has 0 unspecified atom stereocenters. The molecule has 0 radical (unpaired) electrons. The zero-order chi connectivity index (χ0) is 57.5. The Labute approximate surface area is 486 Å². The predicted molar refractivity (Wildman–Crippen MR) is 350 cm³/mol. The maximum atomic E-state index is 2.74. The minimum Gasteiger partial charge on any atom is -0.311 e. The molecule has 4 heteroatoms. The third-order valence-corrected chi connectivity index (χ3v) is 20.7. The first-order valence-electron chi connectivity index (χ1n) is 30.5. The van der Waals surface area contributed by atoms with Crippen LogP contribution in [0.25, 0.3) is 11.1 Å². The van der Waals surface area contributed by atoms with Crippen molar-refractivity contribution >= 4 is 74.3 Å². The molecule has 0 saturated carbocycles. The second-order valence-electron chi connectivity index (χ2n) is 30.5. The van der Waals surface area contributed by atoms with E-state index >= 15 is 0 Å². The van der Waals surface area contributed by atoms with E-state index in [4.69, 9.17) is 0 Å². The minimum absolute atomic E-state index is 0.0166. The molecule has 8 aromatic rings. The number of fused-ring (bicyclic) bond motifs is 9. The van der Waals surface area contributed by atoms with Gasteiger partial charge in [-0.3, -0.25) is 0 Å². The molecule has 2 heterocycles. The lowest BCUT2D eigenvalue weighted by molar-refractivity contribution is 0.332. The molecular formula is C77H86BN3. The van der Waals surface area contributed by atoms with Crippen LogP contribution in [0.4, 0.5) is 51.2 Å². The lowest BCUT2D eigenvalue weighted by Gasteiger charge is -2.48. The summed E-state index contributed by atoms with van der Waals surface area (Å²) in [5.41, 5.74) is 31.7. The fourth-order valence-electron chi connectivity index (χ4n) is 15.3. The van der Waals surface area contributed by atoms with Crippen LogP contribution in [-0.2, 0) is 37.9 Å². The highest BCUT2D eigenvalue weighted by Gasteiger charge is 2.49. The van der Waals surface area contributed by atoms with Gasteiger partial charge in [-0.15, -0.1) is 0 Å². The summed E-state index contributed by atoms with van der Waals surface area (Å²) in [6, 6.07) is 58.2. The number of para-hydroxylation sites is 2. The molecule has 8 aromatic carbocycles. The number of aryl methyl sites for hydroxylation is 2. The Morgan fingerprint density at radius 3 is 1.40 bits per heavy atom. The number of nitrogens with zero attached hydrogens (tertiary/aromatic N) is 3. The molecule has 0 spiro atoms. The molecule has 0 aromatic heterocycles. The zero-order valence-corrected chi connectivity index (χ0v) is 52.1. The van der Waals surface area contributed by atoms with Gasteiger partial charge in [0, 0.05) is 56.6 Å². The van der Waals surface area contributed by atoms with Gasteiger partial charge in [-0.1, -0.05) is 190 Å². The predicted octanol–water partition coefficient (Wildman–Crippen LogP) is 19.5. The zero-order valence-electron chi connectivity index (χ0n) is 52.1. The van der Waals surface area contributed by atoms with Crippen LogP contribution in [0, 0.1) is 13.8 Å². The van der Waals surface area contributed by atoms with E-state index in [1.165, 1.54) is 141 Å². The Hall–Kier alpha value is -6.78. The van der Waals surface area contributed by atoms with Crippen LogP contribution < -0.4 is 31.1 Å². The van der Waals surface area contributed by atoms with Gasteiger partial charge in [-0.05, 0) is 222 Å². The molecule has 0 bridgehead atoms. The molecule has 3 nitrogen and oxygen atoms in total. The average Bonchev–Trinajstić information content (AvgIpc) is 3.73. The average molecular weight is 1060 g/mol. The normalized spacial score (nSPS) is 18.2. The van der Waals surface area contributed by atoms with E-state index < -0.39 is 0 Å². The van der Waals surface area contributed by atoms with Gasteiger partial charge in [0.25, 0.3) is 6.71 Å². The van der Waals surface area contributed by atoms with Crippen molar-refractivity contribution in [3.63, 3.8) is 0 Å². The van der Waals surface area contributed by atoms with Crippen LogP contribution in [-0.4, -0.2) is 6.71 Å². The summed E-state index contributed by atoms with van der Waals surface area (Å²) < 4.78 is 0. The Balaban J connectivity index is 1.15. The summed E-state index contributed by atoms with van der Waals surface area (Å²) >= 11 is 0. The van der Waals surface area contributed by atoms with Gasteiger partial charge in [0.2, 0.25) is 0 Å². The summed E-state index contributed by atoms with van der Waals surface area (Å²) in [6.07, 6.45) is 4.67. The van der Waals surface area contributed by atoms with Gasteiger partial charge in [-0.25, -0.2) is 0 Å². The van der Waals surface area contributed by atoms with E-state index in [9.17, 15) is 0 Å². The van der Waals surface area contributed by atoms with Crippen LogP contribution in [0.5, 0.6) is 0 Å².